The standard InChI is InChI=1S/C23H24N4O3/c1-16(2)13-19-24-20(30-25-19)15-27-22(28)21(18-11-7-4-8-12-18)26(23(27)29)14-17-9-5-3-6-10-17/h3-12,16,21H,13-15H2,1-2H3/t21-/m1/s1. The van der Waals surface area contributed by atoms with Crippen molar-refractivity contribution in [2.24, 2.45) is 5.92 Å². The minimum Gasteiger partial charge on any atom is -0.337 e. The number of urea groups is 1. The molecule has 0 unspecified atom stereocenters. The van der Waals surface area contributed by atoms with E-state index in [0.29, 0.717) is 24.7 Å². The van der Waals surface area contributed by atoms with Gasteiger partial charge in [0.05, 0.1) is 0 Å². The molecule has 7 heteroatoms. The Kier molecular flexibility index (Phi) is 5.61. The zero-order valence-electron chi connectivity index (χ0n) is 17.1. The van der Waals surface area contributed by atoms with Crippen LogP contribution in [0.3, 0.4) is 0 Å². The molecule has 0 saturated carbocycles. The number of hydrogen-bond donors (Lipinski definition) is 0. The van der Waals surface area contributed by atoms with Gasteiger partial charge in [0.15, 0.2) is 5.82 Å². The van der Waals surface area contributed by atoms with Crippen molar-refractivity contribution in [2.75, 3.05) is 0 Å². The number of carbonyl (C=O) groups excluding carboxylic acids is 2. The highest BCUT2D eigenvalue weighted by atomic mass is 16.5. The van der Waals surface area contributed by atoms with Gasteiger partial charge in [-0.15, -0.1) is 0 Å². The van der Waals surface area contributed by atoms with Crippen LogP contribution in [-0.2, 0) is 24.3 Å². The van der Waals surface area contributed by atoms with Crippen LogP contribution in [0.5, 0.6) is 0 Å². The Balaban J connectivity index is 1.61. The topological polar surface area (TPSA) is 79.5 Å². The SMILES string of the molecule is CC(C)Cc1noc(CN2C(=O)[C@@H](c3ccccc3)N(Cc3ccccc3)C2=O)n1. The van der Waals surface area contributed by atoms with Gasteiger partial charge in [0.1, 0.15) is 12.6 Å². The molecule has 0 spiro atoms. The first-order valence-electron chi connectivity index (χ1n) is 10.0. The van der Waals surface area contributed by atoms with E-state index in [0.717, 1.165) is 11.1 Å². The van der Waals surface area contributed by atoms with E-state index in [1.807, 2.05) is 60.7 Å². The Labute approximate surface area is 175 Å². The largest absolute Gasteiger partial charge is 0.337 e. The number of nitrogens with zero attached hydrogens (tertiary/aromatic N) is 4. The van der Waals surface area contributed by atoms with Crippen molar-refractivity contribution in [1.29, 1.82) is 0 Å². The fraction of sp³-hybridized carbons (Fsp3) is 0.304. The zero-order valence-corrected chi connectivity index (χ0v) is 17.1. The third-order valence-electron chi connectivity index (χ3n) is 4.99. The average molecular weight is 404 g/mol. The normalized spacial score (nSPS) is 16.7. The molecule has 1 atom stereocenters. The van der Waals surface area contributed by atoms with Gasteiger partial charge in [0.2, 0.25) is 5.89 Å². The Morgan fingerprint density at radius 2 is 1.63 bits per heavy atom. The van der Waals surface area contributed by atoms with E-state index in [2.05, 4.69) is 24.0 Å². The molecule has 7 nitrogen and oxygen atoms in total. The molecule has 0 radical (unpaired) electrons. The third kappa shape index (κ3) is 4.10. The predicted octanol–water partition coefficient (Wildman–Crippen LogP) is 3.97. The van der Waals surface area contributed by atoms with Gasteiger partial charge in [0.25, 0.3) is 5.91 Å². The van der Waals surface area contributed by atoms with Crippen molar-refractivity contribution < 1.29 is 14.1 Å². The fourth-order valence-corrected chi connectivity index (χ4v) is 3.62. The monoisotopic (exact) mass is 404 g/mol. The minimum atomic E-state index is -0.683. The van der Waals surface area contributed by atoms with Crippen LogP contribution in [0.15, 0.2) is 65.2 Å². The predicted molar refractivity (Wildman–Crippen MR) is 110 cm³/mol. The van der Waals surface area contributed by atoms with Crippen LogP contribution in [-0.4, -0.2) is 31.9 Å². The number of benzene rings is 2. The molecular formula is C23H24N4O3. The van der Waals surface area contributed by atoms with Crippen LogP contribution >= 0.6 is 0 Å². The summed E-state index contributed by atoms with van der Waals surface area (Å²) >= 11 is 0. The molecule has 30 heavy (non-hydrogen) atoms. The van der Waals surface area contributed by atoms with Gasteiger partial charge in [-0.05, 0) is 17.0 Å². The summed E-state index contributed by atoms with van der Waals surface area (Å²) in [6, 6.07) is 18.0. The lowest BCUT2D eigenvalue weighted by atomic mass is 10.1. The van der Waals surface area contributed by atoms with E-state index in [-0.39, 0.29) is 24.4 Å². The number of amides is 3. The van der Waals surface area contributed by atoms with Crippen LogP contribution in [0, 0.1) is 5.92 Å². The van der Waals surface area contributed by atoms with Gasteiger partial charge in [-0.1, -0.05) is 79.7 Å². The Hall–Kier alpha value is -3.48. The molecule has 2 heterocycles. The number of imide groups is 1. The smallest absolute Gasteiger partial charge is 0.328 e. The Morgan fingerprint density at radius 3 is 2.30 bits per heavy atom. The van der Waals surface area contributed by atoms with Gasteiger partial charge in [0, 0.05) is 13.0 Å². The molecule has 0 N–H and O–H groups in total. The molecule has 0 bridgehead atoms. The van der Waals surface area contributed by atoms with E-state index in [1.165, 1.54) is 4.90 Å². The van der Waals surface area contributed by atoms with Crippen LogP contribution in [0.25, 0.3) is 0 Å². The van der Waals surface area contributed by atoms with E-state index < -0.39 is 6.04 Å². The molecule has 4 rings (SSSR count). The summed E-state index contributed by atoms with van der Waals surface area (Å²) in [7, 11) is 0. The van der Waals surface area contributed by atoms with E-state index in [9.17, 15) is 9.59 Å². The molecule has 154 valence electrons. The van der Waals surface area contributed by atoms with Crippen molar-refractivity contribution in [3.05, 3.63) is 83.5 Å². The first kappa shape index (κ1) is 19.8. The van der Waals surface area contributed by atoms with Gasteiger partial charge in [-0.2, -0.15) is 4.98 Å². The lowest BCUT2D eigenvalue weighted by Gasteiger charge is -2.22. The van der Waals surface area contributed by atoms with Gasteiger partial charge >= 0.3 is 6.03 Å². The zero-order chi connectivity index (χ0) is 21.1. The van der Waals surface area contributed by atoms with Crippen LogP contribution < -0.4 is 0 Å². The van der Waals surface area contributed by atoms with Crippen LogP contribution in [0.4, 0.5) is 4.79 Å². The van der Waals surface area contributed by atoms with Gasteiger partial charge < -0.3 is 9.42 Å². The highest BCUT2D eigenvalue weighted by molar-refractivity contribution is 6.04. The van der Waals surface area contributed by atoms with E-state index in [1.54, 1.807) is 4.90 Å². The second kappa shape index (κ2) is 8.49. The number of hydrogen-bond acceptors (Lipinski definition) is 5. The molecule has 1 aliphatic heterocycles. The summed E-state index contributed by atoms with van der Waals surface area (Å²) in [6.45, 7) is 4.44. The molecule has 1 aromatic heterocycles. The fourth-order valence-electron chi connectivity index (χ4n) is 3.62. The molecule has 0 aliphatic carbocycles. The summed E-state index contributed by atoms with van der Waals surface area (Å²) in [5.74, 6) is 0.945. The summed E-state index contributed by atoms with van der Waals surface area (Å²) in [5, 5.41) is 3.96. The maximum atomic E-state index is 13.3. The summed E-state index contributed by atoms with van der Waals surface area (Å²) in [6.07, 6.45) is 0.679. The van der Waals surface area contributed by atoms with Crippen LogP contribution in [0.2, 0.25) is 0 Å². The summed E-state index contributed by atoms with van der Waals surface area (Å²) in [5.41, 5.74) is 1.73. The van der Waals surface area contributed by atoms with E-state index >= 15 is 0 Å². The van der Waals surface area contributed by atoms with Crippen molar-refractivity contribution in [2.45, 2.75) is 39.4 Å². The highest BCUT2D eigenvalue weighted by Gasteiger charge is 2.46. The average Bonchev–Trinajstić information content (AvgIpc) is 3.27. The van der Waals surface area contributed by atoms with Gasteiger partial charge in [-0.3, -0.25) is 9.69 Å². The molecule has 3 aromatic rings. The second-order valence-electron chi connectivity index (χ2n) is 7.84. The number of carbonyl (C=O) groups is 2. The van der Waals surface area contributed by atoms with Crippen LogP contribution in [0.1, 0.15) is 42.7 Å². The maximum Gasteiger partial charge on any atom is 0.328 e. The van der Waals surface area contributed by atoms with Crippen molar-refractivity contribution >= 4 is 11.9 Å². The summed E-state index contributed by atoms with van der Waals surface area (Å²) < 4.78 is 5.29. The lowest BCUT2D eigenvalue weighted by molar-refractivity contribution is -0.129. The first-order valence-corrected chi connectivity index (χ1v) is 10.0. The minimum absolute atomic E-state index is 0.0304. The summed E-state index contributed by atoms with van der Waals surface area (Å²) in [4.78, 5) is 33.7. The van der Waals surface area contributed by atoms with E-state index in [4.69, 9.17) is 4.52 Å². The lowest BCUT2D eigenvalue weighted by Crippen LogP contribution is -2.32. The Bertz CT molecular complexity index is 1020. The Morgan fingerprint density at radius 1 is 0.967 bits per heavy atom. The maximum absolute atomic E-state index is 13.3. The second-order valence-corrected chi connectivity index (χ2v) is 7.84. The quantitative estimate of drug-likeness (QED) is 0.557. The number of rotatable bonds is 7. The van der Waals surface area contributed by atoms with Crippen molar-refractivity contribution in [3.8, 4) is 0 Å². The molecule has 2 aromatic carbocycles. The van der Waals surface area contributed by atoms with Gasteiger partial charge in [-0.25, -0.2) is 4.79 Å². The molecule has 3 amide bonds. The molecule has 1 aliphatic rings. The number of aromatic nitrogens is 2. The first-order chi connectivity index (χ1) is 14.5. The van der Waals surface area contributed by atoms with Crippen molar-refractivity contribution in [3.63, 3.8) is 0 Å². The van der Waals surface area contributed by atoms with Crippen molar-refractivity contribution in [1.82, 2.24) is 19.9 Å². The molecule has 1 saturated heterocycles. The highest BCUT2D eigenvalue weighted by Crippen LogP contribution is 2.33. The molecular weight excluding hydrogens is 380 g/mol. The third-order valence-corrected chi connectivity index (χ3v) is 4.99. The molecule has 1 fully saturated rings.